The van der Waals surface area contributed by atoms with Gasteiger partial charge in [-0.15, -0.1) is 0 Å². The molecule has 162 valence electrons. The molecule has 1 aromatic heterocycles. The predicted octanol–water partition coefficient (Wildman–Crippen LogP) is 4.35. The van der Waals surface area contributed by atoms with E-state index in [4.69, 9.17) is 9.47 Å². The van der Waals surface area contributed by atoms with E-state index in [0.717, 1.165) is 11.8 Å². The summed E-state index contributed by atoms with van der Waals surface area (Å²) in [6, 6.07) is 18.7. The van der Waals surface area contributed by atoms with Gasteiger partial charge in [-0.25, -0.2) is 14.2 Å². The fourth-order valence-electron chi connectivity index (χ4n) is 4.17. The number of nitrogens with zero attached hydrogens (tertiary/aromatic N) is 2. The fraction of sp³-hybridized carbons (Fsp3) is 0.240. The number of carbonyl (C=O) groups is 2. The first-order valence-electron chi connectivity index (χ1n) is 10.5. The van der Waals surface area contributed by atoms with Gasteiger partial charge in [-0.05, 0) is 35.9 Å². The number of aromatic nitrogens is 1. The summed E-state index contributed by atoms with van der Waals surface area (Å²) in [6.07, 6.45) is 0.364. The predicted molar refractivity (Wildman–Crippen MR) is 115 cm³/mol. The van der Waals surface area contributed by atoms with Crippen LogP contribution in [0.1, 0.15) is 15.9 Å². The SMILES string of the molecule is O=Cc1cc(OC2[C@H]3CN(C(=O)OCc4ccccc4)C[C@@H]23)nc(-c2ccc(F)cc2)c1. The van der Waals surface area contributed by atoms with Crippen LogP contribution in [0, 0.1) is 17.7 Å². The summed E-state index contributed by atoms with van der Waals surface area (Å²) >= 11 is 0. The van der Waals surface area contributed by atoms with Crippen molar-refractivity contribution in [3.05, 3.63) is 83.7 Å². The number of amides is 1. The molecule has 32 heavy (non-hydrogen) atoms. The lowest BCUT2D eigenvalue weighted by Crippen LogP contribution is -2.33. The molecule has 1 aliphatic heterocycles. The van der Waals surface area contributed by atoms with Crippen molar-refractivity contribution in [3.8, 4) is 17.1 Å². The normalized spacial score (nSPS) is 21.0. The number of likely N-dealkylation sites (tertiary alicyclic amines) is 1. The van der Waals surface area contributed by atoms with Gasteiger partial charge in [0.1, 0.15) is 24.8 Å². The van der Waals surface area contributed by atoms with Gasteiger partial charge in [-0.2, -0.15) is 0 Å². The van der Waals surface area contributed by atoms with Gasteiger partial charge in [0.05, 0.1) is 5.69 Å². The maximum atomic E-state index is 13.2. The molecule has 1 amide bonds. The number of hydrogen-bond donors (Lipinski definition) is 0. The Morgan fingerprint density at radius 1 is 1.06 bits per heavy atom. The fourth-order valence-corrected chi connectivity index (χ4v) is 4.17. The van der Waals surface area contributed by atoms with E-state index >= 15 is 0 Å². The van der Waals surface area contributed by atoms with Crippen molar-refractivity contribution in [2.75, 3.05) is 13.1 Å². The maximum absolute atomic E-state index is 13.2. The molecular weight excluding hydrogens is 411 g/mol. The van der Waals surface area contributed by atoms with E-state index in [0.29, 0.717) is 35.8 Å². The number of fused-ring (bicyclic) bond motifs is 1. The molecule has 0 bridgehead atoms. The van der Waals surface area contributed by atoms with E-state index in [9.17, 15) is 14.0 Å². The number of rotatable bonds is 6. The van der Waals surface area contributed by atoms with E-state index in [2.05, 4.69) is 4.98 Å². The highest BCUT2D eigenvalue weighted by atomic mass is 19.1. The number of halogens is 1. The maximum Gasteiger partial charge on any atom is 0.410 e. The Balaban J connectivity index is 1.19. The van der Waals surface area contributed by atoms with Crippen molar-refractivity contribution in [1.82, 2.24) is 9.88 Å². The minimum atomic E-state index is -0.338. The lowest BCUT2D eigenvalue weighted by Gasteiger charge is -2.20. The minimum Gasteiger partial charge on any atom is -0.474 e. The molecule has 6 nitrogen and oxygen atoms in total. The molecule has 0 spiro atoms. The van der Waals surface area contributed by atoms with Crippen LogP contribution in [0.3, 0.4) is 0 Å². The second kappa shape index (κ2) is 8.42. The van der Waals surface area contributed by atoms with Crippen LogP contribution in [0.15, 0.2) is 66.7 Å². The van der Waals surface area contributed by atoms with Crippen LogP contribution in [-0.4, -0.2) is 41.5 Å². The van der Waals surface area contributed by atoms with Crippen molar-refractivity contribution < 1.29 is 23.5 Å². The molecule has 2 heterocycles. The molecule has 1 aliphatic carbocycles. The molecule has 7 heteroatoms. The van der Waals surface area contributed by atoms with Crippen LogP contribution in [0.25, 0.3) is 11.3 Å². The molecule has 1 unspecified atom stereocenters. The summed E-state index contributed by atoms with van der Waals surface area (Å²) in [4.78, 5) is 29.9. The summed E-state index contributed by atoms with van der Waals surface area (Å²) in [5, 5.41) is 0. The van der Waals surface area contributed by atoms with Crippen molar-refractivity contribution in [3.63, 3.8) is 0 Å². The molecule has 2 aromatic carbocycles. The van der Waals surface area contributed by atoms with Gasteiger partial charge in [-0.3, -0.25) is 4.79 Å². The smallest absolute Gasteiger partial charge is 0.410 e. The van der Waals surface area contributed by atoms with Gasteiger partial charge in [0.15, 0.2) is 0 Å². The van der Waals surface area contributed by atoms with Crippen LogP contribution in [0.2, 0.25) is 0 Å². The third-order valence-corrected chi connectivity index (χ3v) is 5.94. The first kappa shape index (κ1) is 20.2. The monoisotopic (exact) mass is 432 g/mol. The van der Waals surface area contributed by atoms with Gasteiger partial charge in [0.25, 0.3) is 0 Å². The Morgan fingerprint density at radius 3 is 2.47 bits per heavy atom. The molecule has 1 saturated carbocycles. The third kappa shape index (κ3) is 4.19. The Morgan fingerprint density at radius 2 is 1.78 bits per heavy atom. The van der Waals surface area contributed by atoms with Crippen molar-refractivity contribution in [1.29, 1.82) is 0 Å². The summed E-state index contributed by atoms with van der Waals surface area (Å²) < 4.78 is 24.7. The molecular formula is C25H21FN2O4. The second-order valence-electron chi connectivity index (χ2n) is 8.10. The topological polar surface area (TPSA) is 68.7 Å². The minimum absolute atomic E-state index is 0.0522. The number of pyridine rings is 1. The highest BCUT2D eigenvalue weighted by molar-refractivity contribution is 5.78. The zero-order valence-electron chi connectivity index (χ0n) is 17.2. The first-order chi connectivity index (χ1) is 15.6. The second-order valence-corrected chi connectivity index (χ2v) is 8.10. The summed E-state index contributed by atoms with van der Waals surface area (Å²) in [7, 11) is 0. The molecule has 2 aliphatic rings. The van der Waals surface area contributed by atoms with Gasteiger partial charge >= 0.3 is 6.09 Å². The molecule has 0 N–H and O–H groups in total. The Kier molecular flexibility index (Phi) is 5.31. The highest BCUT2D eigenvalue weighted by Crippen LogP contribution is 2.48. The van der Waals surface area contributed by atoms with Gasteiger partial charge in [0.2, 0.25) is 5.88 Å². The van der Waals surface area contributed by atoms with E-state index < -0.39 is 0 Å². The molecule has 3 aromatic rings. The number of carbonyl (C=O) groups excluding carboxylic acids is 2. The Labute approximate surface area is 184 Å². The standard InChI is InChI=1S/C25H21FN2O4/c26-19-8-6-18(7-9-19)22-10-17(14-29)11-23(27-22)32-24-20-12-28(13-21(20)24)25(30)31-15-16-4-2-1-3-5-16/h1-11,14,20-21,24H,12-13,15H2/t20-,21+,24?. The van der Waals surface area contributed by atoms with Gasteiger partial charge < -0.3 is 14.4 Å². The third-order valence-electron chi connectivity index (χ3n) is 5.94. The molecule has 3 atom stereocenters. The van der Waals surface area contributed by atoms with Gasteiger partial charge in [0, 0.05) is 42.1 Å². The van der Waals surface area contributed by atoms with Crippen molar-refractivity contribution in [2.45, 2.75) is 12.7 Å². The largest absolute Gasteiger partial charge is 0.474 e. The molecule has 5 rings (SSSR count). The van der Waals surface area contributed by atoms with Gasteiger partial charge in [-0.1, -0.05) is 30.3 Å². The van der Waals surface area contributed by atoms with Crippen molar-refractivity contribution in [2.24, 2.45) is 11.8 Å². The zero-order chi connectivity index (χ0) is 22.1. The highest BCUT2D eigenvalue weighted by Gasteiger charge is 2.59. The summed E-state index contributed by atoms with van der Waals surface area (Å²) in [5.41, 5.74) is 2.63. The van der Waals surface area contributed by atoms with Crippen molar-refractivity contribution >= 4 is 12.4 Å². The number of piperidine rings is 1. The molecule has 2 fully saturated rings. The van der Waals surface area contributed by atoms with Crippen LogP contribution in [-0.2, 0) is 11.3 Å². The number of hydrogen-bond acceptors (Lipinski definition) is 5. The van der Waals surface area contributed by atoms with E-state index in [1.807, 2.05) is 30.3 Å². The van der Waals surface area contributed by atoms with Crippen LogP contribution >= 0.6 is 0 Å². The Hall–Kier alpha value is -3.74. The summed E-state index contributed by atoms with van der Waals surface area (Å²) in [5.74, 6) is 0.450. The number of benzene rings is 2. The average molecular weight is 432 g/mol. The Bertz CT molecular complexity index is 1120. The quantitative estimate of drug-likeness (QED) is 0.542. The lowest BCUT2D eigenvalue weighted by atomic mass is 10.1. The van der Waals surface area contributed by atoms with E-state index in [1.165, 1.54) is 12.1 Å². The molecule has 0 radical (unpaired) electrons. The van der Waals surface area contributed by atoms with Crippen LogP contribution in [0.4, 0.5) is 9.18 Å². The lowest BCUT2D eigenvalue weighted by molar-refractivity contribution is 0.0944. The average Bonchev–Trinajstić information content (AvgIpc) is 3.25. The first-order valence-corrected chi connectivity index (χ1v) is 10.5. The summed E-state index contributed by atoms with van der Waals surface area (Å²) in [6.45, 7) is 1.39. The van der Waals surface area contributed by atoms with Crippen LogP contribution < -0.4 is 4.74 Å². The van der Waals surface area contributed by atoms with Crippen LogP contribution in [0.5, 0.6) is 5.88 Å². The van der Waals surface area contributed by atoms with E-state index in [1.54, 1.807) is 29.2 Å². The zero-order valence-corrected chi connectivity index (χ0v) is 17.2. The number of ether oxygens (including phenoxy) is 2. The number of aldehydes is 1. The van der Waals surface area contributed by atoms with E-state index in [-0.39, 0.29) is 36.5 Å². The molecule has 1 saturated heterocycles.